The van der Waals surface area contributed by atoms with Crippen LogP contribution in [0.15, 0.2) is 63.5 Å². The van der Waals surface area contributed by atoms with Crippen molar-refractivity contribution < 1.29 is 17.6 Å². The molecule has 0 fully saturated rings. The molecule has 0 aliphatic heterocycles. The van der Waals surface area contributed by atoms with E-state index in [2.05, 4.69) is 15.5 Å². The van der Waals surface area contributed by atoms with Crippen molar-refractivity contribution in [1.82, 2.24) is 14.8 Å². The van der Waals surface area contributed by atoms with Gasteiger partial charge in [-0.05, 0) is 37.3 Å². The number of thioether (sulfide) groups is 1. The number of anilines is 1. The monoisotopic (exact) mass is 407 g/mol. The van der Waals surface area contributed by atoms with Crippen molar-refractivity contribution in [3.8, 4) is 0 Å². The Hall–Kier alpha value is -2.63. The highest BCUT2D eigenvalue weighted by Gasteiger charge is 2.19. The third kappa shape index (κ3) is 4.96. The van der Waals surface area contributed by atoms with Gasteiger partial charge in [-0.15, -0.1) is 10.2 Å². The smallest absolute Gasteiger partial charge is 0.238 e. The van der Waals surface area contributed by atoms with Crippen LogP contribution >= 0.6 is 11.8 Å². The molecule has 1 aromatic carbocycles. The fourth-order valence-corrected chi connectivity index (χ4v) is 3.60. The SMILES string of the molecule is C[C@@H](Sc1nncn1Cc1ccco1)C(=O)Nc1cccc(S(N)(=O)=O)c1. The fourth-order valence-electron chi connectivity index (χ4n) is 2.22. The Morgan fingerprint density at radius 2 is 2.19 bits per heavy atom. The third-order valence-electron chi connectivity index (χ3n) is 3.57. The number of carbonyl (C=O) groups excluding carboxylic acids is 1. The molecule has 0 spiro atoms. The second-order valence-electron chi connectivity index (χ2n) is 5.64. The van der Waals surface area contributed by atoms with Crippen LogP contribution < -0.4 is 10.5 Å². The molecule has 27 heavy (non-hydrogen) atoms. The van der Waals surface area contributed by atoms with Crippen LogP contribution in [0.5, 0.6) is 0 Å². The van der Waals surface area contributed by atoms with Gasteiger partial charge in [0.1, 0.15) is 12.1 Å². The van der Waals surface area contributed by atoms with Crippen molar-refractivity contribution in [2.24, 2.45) is 5.14 Å². The standard InChI is InChI=1S/C16H17N5O4S2/c1-11(15(22)19-12-4-2-6-14(8-12)27(17,23)24)26-16-20-18-10-21(16)9-13-5-3-7-25-13/h2-8,10-11H,9H2,1H3,(H,19,22)(H2,17,23,24)/t11-/m1/s1. The second-order valence-corrected chi connectivity index (χ2v) is 8.51. The van der Waals surface area contributed by atoms with Gasteiger partial charge in [0.05, 0.1) is 23.0 Å². The van der Waals surface area contributed by atoms with E-state index in [4.69, 9.17) is 9.56 Å². The van der Waals surface area contributed by atoms with Crippen molar-refractivity contribution in [2.45, 2.75) is 28.8 Å². The Morgan fingerprint density at radius 3 is 2.89 bits per heavy atom. The number of primary sulfonamides is 1. The van der Waals surface area contributed by atoms with Crippen LogP contribution in [-0.4, -0.2) is 34.3 Å². The average Bonchev–Trinajstić information content (AvgIpc) is 3.27. The summed E-state index contributed by atoms with van der Waals surface area (Å²) >= 11 is 1.23. The van der Waals surface area contributed by atoms with Crippen LogP contribution in [-0.2, 0) is 21.4 Å². The van der Waals surface area contributed by atoms with Crippen molar-refractivity contribution in [3.63, 3.8) is 0 Å². The first kappa shape index (κ1) is 19.1. The summed E-state index contributed by atoms with van der Waals surface area (Å²) in [5, 5.41) is 15.8. The minimum Gasteiger partial charge on any atom is -0.467 e. The number of sulfonamides is 1. The Bertz CT molecular complexity index is 1030. The molecule has 142 valence electrons. The number of aromatic nitrogens is 3. The number of hydrogen-bond acceptors (Lipinski definition) is 7. The van der Waals surface area contributed by atoms with Gasteiger partial charge in [0.25, 0.3) is 0 Å². The summed E-state index contributed by atoms with van der Waals surface area (Å²) in [7, 11) is -3.84. The predicted molar refractivity (Wildman–Crippen MR) is 99.6 cm³/mol. The molecule has 0 unspecified atom stereocenters. The minimum absolute atomic E-state index is 0.0706. The molecule has 3 aromatic rings. The zero-order valence-corrected chi connectivity index (χ0v) is 15.9. The van der Waals surface area contributed by atoms with Gasteiger partial charge in [0.2, 0.25) is 15.9 Å². The molecule has 9 nitrogen and oxygen atoms in total. The van der Waals surface area contributed by atoms with Crippen LogP contribution in [0.2, 0.25) is 0 Å². The summed E-state index contributed by atoms with van der Waals surface area (Å²) in [6.07, 6.45) is 3.14. The van der Waals surface area contributed by atoms with E-state index in [1.807, 2.05) is 6.07 Å². The molecule has 0 aliphatic rings. The lowest BCUT2D eigenvalue weighted by atomic mass is 10.3. The molecule has 2 aromatic heterocycles. The number of furan rings is 1. The molecular weight excluding hydrogens is 390 g/mol. The number of rotatable bonds is 7. The van der Waals surface area contributed by atoms with Gasteiger partial charge in [0.15, 0.2) is 5.16 Å². The summed E-state index contributed by atoms with van der Waals surface area (Å²) in [6.45, 7) is 2.17. The molecule has 0 radical (unpaired) electrons. The first-order valence-corrected chi connectivity index (χ1v) is 10.3. The minimum atomic E-state index is -3.84. The number of amides is 1. The average molecular weight is 407 g/mol. The fraction of sp³-hybridized carbons (Fsp3) is 0.188. The summed E-state index contributed by atoms with van der Waals surface area (Å²) in [4.78, 5) is 12.4. The molecular formula is C16H17N5O4S2. The van der Waals surface area contributed by atoms with E-state index in [1.165, 1.54) is 30.0 Å². The van der Waals surface area contributed by atoms with Crippen molar-refractivity contribution >= 4 is 33.4 Å². The van der Waals surface area contributed by atoms with E-state index in [0.717, 1.165) is 5.76 Å². The number of nitrogens with one attached hydrogen (secondary N) is 1. The van der Waals surface area contributed by atoms with Crippen molar-refractivity contribution in [3.05, 3.63) is 54.7 Å². The maximum absolute atomic E-state index is 12.4. The van der Waals surface area contributed by atoms with Crippen LogP contribution in [0.25, 0.3) is 0 Å². The molecule has 0 bridgehead atoms. The zero-order valence-electron chi connectivity index (χ0n) is 14.3. The van der Waals surface area contributed by atoms with E-state index in [1.54, 1.807) is 36.2 Å². The predicted octanol–water partition coefficient (Wildman–Crippen LogP) is 1.69. The molecule has 11 heteroatoms. The molecule has 2 heterocycles. The highest BCUT2D eigenvalue weighted by molar-refractivity contribution is 8.00. The highest BCUT2D eigenvalue weighted by atomic mass is 32.2. The van der Waals surface area contributed by atoms with Gasteiger partial charge in [-0.2, -0.15) is 0 Å². The van der Waals surface area contributed by atoms with Gasteiger partial charge >= 0.3 is 0 Å². The largest absolute Gasteiger partial charge is 0.467 e. The molecule has 0 saturated carbocycles. The number of nitrogens with zero attached hydrogens (tertiary/aromatic N) is 3. The Kier molecular flexibility index (Phi) is 5.63. The molecule has 3 rings (SSSR count). The van der Waals surface area contributed by atoms with Gasteiger partial charge in [0, 0.05) is 5.69 Å². The maximum Gasteiger partial charge on any atom is 0.238 e. The van der Waals surface area contributed by atoms with E-state index in [-0.39, 0.29) is 10.8 Å². The summed E-state index contributed by atoms with van der Waals surface area (Å²) in [6, 6.07) is 9.39. The number of benzene rings is 1. The first-order valence-electron chi connectivity index (χ1n) is 7.83. The topological polar surface area (TPSA) is 133 Å². The normalized spacial score (nSPS) is 12.7. The molecule has 3 N–H and O–H groups in total. The summed E-state index contributed by atoms with van der Waals surface area (Å²) in [5.41, 5.74) is 0.344. The van der Waals surface area contributed by atoms with Crippen LogP contribution in [0.4, 0.5) is 5.69 Å². The quantitative estimate of drug-likeness (QED) is 0.569. The van der Waals surface area contributed by atoms with E-state index in [0.29, 0.717) is 17.4 Å². The van der Waals surface area contributed by atoms with Gasteiger partial charge in [-0.25, -0.2) is 13.6 Å². The lowest BCUT2D eigenvalue weighted by Gasteiger charge is -2.12. The Morgan fingerprint density at radius 1 is 1.37 bits per heavy atom. The molecule has 0 aliphatic carbocycles. The zero-order chi connectivity index (χ0) is 19.4. The van der Waals surface area contributed by atoms with E-state index < -0.39 is 15.3 Å². The molecule has 0 saturated heterocycles. The number of nitrogens with two attached hydrogens (primary N) is 1. The van der Waals surface area contributed by atoms with E-state index in [9.17, 15) is 13.2 Å². The van der Waals surface area contributed by atoms with Crippen molar-refractivity contribution in [2.75, 3.05) is 5.32 Å². The van der Waals surface area contributed by atoms with Gasteiger partial charge in [-0.1, -0.05) is 17.8 Å². The number of hydrogen-bond donors (Lipinski definition) is 2. The lowest BCUT2D eigenvalue weighted by molar-refractivity contribution is -0.115. The maximum atomic E-state index is 12.4. The first-order chi connectivity index (χ1) is 12.8. The molecule has 1 amide bonds. The highest BCUT2D eigenvalue weighted by Crippen LogP contribution is 2.23. The van der Waals surface area contributed by atoms with Crippen molar-refractivity contribution in [1.29, 1.82) is 0 Å². The lowest BCUT2D eigenvalue weighted by Crippen LogP contribution is -2.23. The van der Waals surface area contributed by atoms with Crippen LogP contribution in [0.1, 0.15) is 12.7 Å². The summed E-state index contributed by atoms with van der Waals surface area (Å²) < 4.78 is 29.9. The summed E-state index contributed by atoms with van der Waals surface area (Å²) in [5.74, 6) is 0.438. The van der Waals surface area contributed by atoms with E-state index >= 15 is 0 Å². The van der Waals surface area contributed by atoms with Crippen LogP contribution in [0.3, 0.4) is 0 Å². The third-order valence-corrected chi connectivity index (χ3v) is 5.57. The van der Waals surface area contributed by atoms with Gasteiger partial charge in [-0.3, -0.25) is 4.79 Å². The van der Waals surface area contributed by atoms with Crippen LogP contribution in [0, 0.1) is 0 Å². The second kappa shape index (κ2) is 7.94. The molecule has 1 atom stereocenters. The Balaban J connectivity index is 1.66. The Labute approximate surface area is 160 Å². The number of carbonyl (C=O) groups is 1. The van der Waals surface area contributed by atoms with Gasteiger partial charge < -0.3 is 14.3 Å².